The summed E-state index contributed by atoms with van der Waals surface area (Å²) in [6, 6.07) is 6.64. The van der Waals surface area contributed by atoms with E-state index in [9.17, 15) is 9.00 Å². The predicted molar refractivity (Wildman–Crippen MR) is 81.4 cm³/mol. The molecule has 8 nitrogen and oxygen atoms in total. The van der Waals surface area contributed by atoms with Crippen molar-refractivity contribution in [2.75, 3.05) is 0 Å². The number of halogens is 1. The van der Waals surface area contributed by atoms with E-state index in [-0.39, 0.29) is 11.6 Å². The molecule has 0 aliphatic heterocycles. The highest BCUT2D eigenvalue weighted by atomic mass is 35.5. The molecule has 3 rings (SSSR count). The minimum Gasteiger partial charge on any atom is -0.379 e. The van der Waals surface area contributed by atoms with Crippen LogP contribution in [0, 0.1) is 13.8 Å². The van der Waals surface area contributed by atoms with E-state index in [1.165, 1.54) is 0 Å². The van der Waals surface area contributed by atoms with E-state index < -0.39 is 17.0 Å². The van der Waals surface area contributed by atoms with Crippen molar-refractivity contribution in [1.82, 2.24) is 14.3 Å². The molecule has 2 heterocycles. The smallest absolute Gasteiger partial charge is 0.379 e. The van der Waals surface area contributed by atoms with Crippen molar-refractivity contribution in [2.24, 2.45) is 0 Å². The molecule has 1 atom stereocenters. The topological polar surface area (TPSA) is 100 Å². The van der Waals surface area contributed by atoms with Gasteiger partial charge >= 0.3 is 17.0 Å². The standard InChI is InChI=1S/C13H10ClN3O5S/c1-7-11(8(2)20-15-7)22-23(19)17-12(16-21-13(17)18)9-5-3-4-6-10(9)14/h3-6H,1-2H3. The van der Waals surface area contributed by atoms with Crippen LogP contribution in [0.4, 0.5) is 0 Å². The van der Waals surface area contributed by atoms with Gasteiger partial charge in [0.05, 0.1) is 5.02 Å². The molecule has 2 aromatic heterocycles. The maximum absolute atomic E-state index is 12.4. The molecular weight excluding hydrogens is 346 g/mol. The zero-order valence-corrected chi connectivity index (χ0v) is 13.6. The fraction of sp³-hybridized carbons (Fsp3) is 0.154. The second-order valence-electron chi connectivity index (χ2n) is 4.50. The summed E-state index contributed by atoms with van der Waals surface area (Å²) in [5.41, 5.74) is 0.787. The van der Waals surface area contributed by atoms with Crippen LogP contribution >= 0.6 is 11.6 Å². The lowest BCUT2D eigenvalue weighted by Crippen LogP contribution is -2.23. The van der Waals surface area contributed by atoms with E-state index in [1.807, 2.05) is 0 Å². The third kappa shape index (κ3) is 2.80. The Morgan fingerprint density at radius 3 is 2.61 bits per heavy atom. The monoisotopic (exact) mass is 355 g/mol. The minimum absolute atomic E-state index is 0.00862. The minimum atomic E-state index is -2.24. The summed E-state index contributed by atoms with van der Waals surface area (Å²) in [5, 5.41) is 7.63. The van der Waals surface area contributed by atoms with Gasteiger partial charge in [-0.15, -0.1) is 3.97 Å². The lowest BCUT2D eigenvalue weighted by molar-refractivity contribution is 0.383. The third-order valence-corrected chi connectivity index (χ3v) is 4.21. The van der Waals surface area contributed by atoms with Crippen LogP contribution in [0.5, 0.6) is 5.75 Å². The average Bonchev–Trinajstić information content (AvgIpc) is 3.05. The van der Waals surface area contributed by atoms with Crippen molar-refractivity contribution < 1.29 is 17.4 Å². The molecule has 0 radical (unpaired) electrons. The van der Waals surface area contributed by atoms with Crippen LogP contribution < -0.4 is 9.94 Å². The molecule has 0 saturated heterocycles. The molecule has 23 heavy (non-hydrogen) atoms. The van der Waals surface area contributed by atoms with Crippen molar-refractivity contribution in [3.63, 3.8) is 0 Å². The van der Waals surface area contributed by atoms with Crippen molar-refractivity contribution >= 4 is 22.9 Å². The summed E-state index contributed by atoms with van der Waals surface area (Å²) in [4.78, 5) is 11.8. The molecule has 120 valence electrons. The summed E-state index contributed by atoms with van der Waals surface area (Å²) < 4.78 is 28.0. The number of aryl methyl sites for hydroxylation is 2. The van der Waals surface area contributed by atoms with Gasteiger partial charge in [0.25, 0.3) is 0 Å². The number of benzene rings is 1. The molecule has 0 amide bonds. The Labute approximate surface area is 137 Å². The Bertz CT molecular complexity index is 926. The average molecular weight is 356 g/mol. The molecule has 0 aliphatic carbocycles. The first-order valence-corrected chi connectivity index (χ1v) is 7.77. The van der Waals surface area contributed by atoms with Crippen molar-refractivity contribution in [3.8, 4) is 17.1 Å². The van der Waals surface area contributed by atoms with Gasteiger partial charge in [0.1, 0.15) is 5.69 Å². The zero-order valence-electron chi connectivity index (χ0n) is 12.0. The summed E-state index contributed by atoms with van der Waals surface area (Å²) in [5.74, 6) is -0.433. The van der Waals surface area contributed by atoms with Crippen molar-refractivity contribution in [3.05, 3.63) is 51.3 Å². The van der Waals surface area contributed by atoms with Crippen LogP contribution in [0.25, 0.3) is 11.4 Å². The number of hydrogen-bond acceptors (Lipinski definition) is 7. The van der Waals surface area contributed by atoms with Gasteiger partial charge < -0.3 is 8.71 Å². The third-order valence-electron chi connectivity index (χ3n) is 2.95. The quantitative estimate of drug-likeness (QED) is 0.707. The van der Waals surface area contributed by atoms with Crippen LogP contribution in [0.2, 0.25) is 5.02 Å². The summed E-state index contributed by atoms with van der Waals surface area (Å²) in [7, 11) is 0. The van der Waals surface area contributed by atoms with Gasteiger partial charge in [0.15, 0.2) is 5.76 Å². The Morgan fingerprint density at radius 1 is 1.22 bits per heavy atom. The van der Waals surface area contributed by atoms with E-state index in [4.69, 9.17) is 20.3 Å². The lowest BCUT2D eigenvalue weighted by atomic mass is 10.2. The van der Waals surface area contributed by atoms with Crippen molar-refractivity contribution in [1.29, 1.82) is 0 Å². The highest BCUT2D eigenvalue weighted by Gasteiger charge is 2.23. The predicted octanol–water partition coefficient (Wildman–Crippen LogP) is 2.27. The second kappa shape index (κ2) is 6.01. The summed E-state index contributed by atoms with van der Waals surface area (Å²) in [6.45, 7) is 3.21. The van der Waals surface area contributed by atoms with Crippen LogP contribution in [0.1, 0.15) is 11.5 Å². The van der Waals surface area contributed by atoms with Gasteiger partial charge in [-0.25, -0.2) is 4.79 Å². The van der Waals surface area contributed by atoms with Crippen LogP contribution in [0.3, 0.4) is 0 Å². The number of aromatic nitrogens is 3. The zero-order chi connectivity index (χ0) is 16.6. The molecule has 0 aliphatic rings. The largest absolute Gasteiger partial charge is 0.456 e. The SMILES string of the molecule is Cc1noc(C)c1OS(=O)n1c(-c2ccccc2Cl)noc1=O. The Morgan fingerprint density at radius 2 is 1.96 bits per heavy atom. The summed E-state index contributed by atoms with van der Waals surface area (Å²) >= 11 is 3.83. The number of hydrogen-bond donors (Lipinski definition) is 0. The molecule has 0 N–H and O–H groups in total. The first-order chi connectivity index (χ1) is 11.0. The van der Waals surface area contributed by atoms with Crippen LogP contribution in [-0.4, -0.2) is 18.5 Å². The number of nitrogens with zero attached hydrogens (tertiary/aromatic N) is 3. The normalized spacial score (nSPS) is 12.3. The molecule has 1 aromatic carbocycles. The van der Waals surface area contributed by atoms with Crippen LogP contribution in [-0.2, 0) is 11.3 Å². The first-order valence-electron chi connectivity index (χ1n) is 6.36. The van der Waals surface area contributed by atoms with Gasteiger partial charge in [-0.05, 0) is 19.1 Å². The highest BCUT2D eigenvalue weighted by molar-refractivity contribution is 7.79. The van der Waals surface area contributed by atoms with Gasteiger partial charge in [-0.3, -0.25) is 4.52 Å². The second-order valence-corrected chi connectivity index (χ2v) is 5.87. The van der Waals surface area contributed by atoms with Gasteiger partial charge in [-0.1, -0.05) is 34.0 Å². The Hall–Kier alpha value is -2.39. The molecule has 10 heteroatoms. The van der Waals surface area contributed by atoms with E-state index >= 15 is 0 Å². The van der Waals surface area contributed by atoms with Crippen molar-refractivity contribution in [2.45, 2.75) is 13.8 Å². The first kappa shape index (κ1) is 15.5. The lowest BCUT2D eigenvalue weighted by Gasteiger charge is -2.06. The molecule has 0 spiro atoms. The molecular formula is C13H10ClN3O5S. The maximum Gasteiger partial charge on any atom is 0.456 e. The van der Waals surface area contributed by atoms with E-state index in [1.54, 1.807) is 38.1 Å². The molecule has 0 saturated carbocycles. The molecule has 0 bridgehead atoms. The van der Waals surface area contributed by atoms with Crippen LogP contribution in [0.15, 0.2) is 38.1 Å². The number of rotatable bonds is 4. The fourth-order valence-electron chi connectivity index (χ4n) is 1.88. The Balaban J connectivity index is 2.04. The molecule has 3 aromatic rings. The maximum atomic E-state index is 12.4. The Kier molecular flexibility index (Phi) is 4.05. The van der Waals surface area contributed by atoms with E-state index in [2.05, 4.69) is 14.8 Å². The molecule has 0 fully saturated rings. The fourth-order valence-corrected chi connectivity index (χ4v) is 2.98. The highest BCUT2D eigenvalue weighted by Crippen LogP contribution is 2.27. The summed E-state index contributed by atoms with van der Waals surface area (Å²) in [6.07, 6.45) is 0. The molecule has 1 unspecified atom stereocenters. The van der Waals surface area contributed by atoms with Gasteiger partial charge in [-0.2, -0.15) is 4.21 Å². The van der Waals surface area contributed by atoms with Gasteiger partial charge in [0, 0.05) is 12.5 Å². The van der Waals surface area contributed by atoms with E-state index in [0.717, 1.165) is 3.97 Å². The van der Waals surface area contributed by atoms with E-state index in [0.29, 0.717) is 22.0 Å². The van der Waals surface area contributed by atoms with Gasteiger partial charge in [0.2, 0.25) is 11.6 Å².